The van der Waals surface area contributed by atoms with Gasteiger partial charge in [-0.25, -0.2) is 13.2 Å². The van der Waals surface area contributed by atoms with Crippen molar-refractivity contribution in [2.45, 2.75) is 26.6 Å². The molecule has 1 aliphatic heterocycles. The van der Waals surface area contributed by atoms with Gasteiger partial charge in [0.25, 0.3) is 6.43 Å². The molecule has 1 N–H and O–H groups in total. The summed E-state index contributed by atoms with van der Waals surface area (Å²) < 4.78 is 46.4. The Morgan fingerprint density at radius 3 is 2.55 bits per heavy atom. The highest BCUT2D eigenvalue weighted by molar-refractivity contribution is 5.98. The second-order valence-corrected chi connectivity index (χ2v) is 3.61. The standard InChI is InChI=1S/C11H10F3NO3.C2H6/c12-10(13)11(14)15-4-7(16)6-1-2-8-9(3-6)18-5-17-8;1-2/h1-3,10-11,15H,4-5H2;1-2H3. The molecule has 4 nitrogen and oxygen atoms in total. The molecule has 1 heterocycles. The zero-order chi connectivity index (χ0) is 15.1. The summed E-state index contributed by atoms with van der Waals surface area (Å²) in [6, 6.07) is 4.44. The van der Waals surface area contributed by atoms with Crippen LogP contribution in [0.1, 0.15) is 24.2 Å². The predicted octanol–water partition coefficient (Wildman–Crippen LogP) is 2.77. The molecular weight excluding hydrogens is 275 g/mol. The Morgan fingerprint density at radius 2 is 1.90 bits per heavy atom. The van der Waals surface area contributed by atoms with E-state index in [-0.39, 0.29) is 12.4 Å². The second kappa shape index (κ2) is 7.74. The SMILES string of the molecule is CC.O=C(CNC(F)C(F)F)c1ccc2c(c1)OCO2. The zero-order valence-electron chi connectivity index (χ0n) is 11.2. The van der Waals surface area contributed by atoms with Crippen molar-refractivity contribution in [1.29, 1.82) is 0 Å². The maximum absolute atomic E-state index is 12.6. The van der Waals surface area contributed by atoms with Crippen LogP contribution in [0.25, 0.3) is 0 Å². The summed E-state index contributed by atoms with van der Waals surface area (Å²) in [7, 11) is 0. The fourth-order valence-electron chi connectivity index (χ4n) is 1.45. The number of hydrogen-bond donors (Lipinski definition) is 1. The average molecular weight is 291 g/mol. The highest BCUT2D eigenvalue weighted by Crippen LogP contribution is 2.32. The van der Waals surface area contributed by atoms with Gasteiger partial charge in [-0.15, -0.1) is 0 Å². The number of hydrogen-bond acceptors (Lipinski definition) is 4. The summed E-state index contributed by atoms with van der Waals surface area (Å²) in [5.74, 6) is 0.415. The van der Waals surface area contributed by atoms with Gasteiger partial charge in [-0.1, -0.05) is 13.8 Å². The Hall–Kier alpha value is -1.76. The third-order valence-electron chi connectivity index (χ3n) is 2.37. The molecule has 1 aromatic rings. The van der Waals surface area contributed by atoms with E-state index in [9.17, 15) is 18.0 Å². The number of alkyl halides is 3. The monoisotopic (exact) mass is 291 g/mol. The summed E-state index contributed by atoms with van der Waals surface area (Å²) in [5.41, 5.74) is 0.244. The molecule has 0 saturated heterocycles. The molecule has 112 valence electrons. The number of carbonyl (C=O) groups excluding carboxylic acids is 1. The van der Waals surface area contributed by atoms with Crippen molar-refractivity contribution in [3.8, 4) is 11.5 Å². The van der Waals surface area contributed by atoms with Gasteiger partial charge in [0.05, 0.1) is 6.54 Å². The van der Waals surface area contributed by atoms with Crippen molar-refractivity contribution in [3.63, 3.8) is 0 Å². The van der Waals surface area contributed by atoms with Gasteiger partial charge in [-0.3, -0.25) is 10.1 Å². The summed E-state index contributed by atoms with van der Waals surface area (Å²) in [6.45, 7) is 3.56. The number of benzene rings is 1. The third-order valence-corrected chi connectivity index (χ3v) is 2.37. The molecule has 7 heteroatoms. The summed E-state index contributed by atoms with van der Waals surface area (Å²) in [5, 5.41) is 1.81. The van der Waals surface area contributed by atoms with Crippen LogP contribution >= 0.6 is 0 Å². The average Bonchev–Trinajstić information content (AvgIpc) is 2.93. The molecule has 1 aromatic carbocycles. The molecule has 1 atom stereocenters. The van der Waals surface area contributed by atoms with E-state index in [0.717, 1.165) is 0 Å². The lowest BCUT2D eigenvalue weighted by atomic mass is 10.1. The van der Waals surface area contributed by atoms with Crippen molar-refractivity contribution in [2.24, 2.45) is 0 Å². The van der Waals surface area contributed by atoms with E-state index in [4.69, 9.17) is 9.47 Å². The Bertz CT molecular complexity index is 454. The fourth-order valence-corrected chi connectivity index (χ4v) is 1.45. The molecule has 1 aliphatic rings. The van der Waals surface area contributed by atoms with Crippen LogP contribution in [0.15, 0.2) is 18.2 Å². The van der Waals surface area contributed by atoms with Crippen molar-refractivity contribution < 1.29 is 27.4 Å². The number of ether oxygens (including phenoxy) is 2. The van der Waals surface area contributed by atoms with Gasteiger partial charge in [-0.2, -0.15) is 0 Å². The number of rotatable bonds is 5. The number of carbonyl (C=O) groups is 1. The molecule has 0 spiro atoms. The molecule has 0 amide bonds. The Morgan fingerprint density at radius 1 is 1.25 bits per heavy atom. The number of halogens is 3. The van der Waals surface area contributed by atoms with E-state index in [1.807, 2.05) is 19.2 Å². The summed E-state index contributed by atoms with van der Waals surface area (Å²) in [6.07, 6.45) is -5.67. The van der Waals surface area contributed by atoms with E-state index >= 15 is 0 Å². The molecular formula is C13H16F3NO3. The minimum absolute atomic E-state index is 0.0726. The van der Waals surface area contributed by atoms with Gasteiger partial charge in [0.15, 0.2) is 17.3 Å². The van der Waals surface area contributed by atoms with Crippen LogP contribution < -0.4 is 14.8 Å². The lowest BCUT2D eigenvalue weighted by molar-refractivity contribution is 0.0311. The maximum Gasteiger partial charge on any atom is 0.282 e. The quantitative estimate of drug-likeness (QED) is 0.669. The molecule has 0 fully saturated rings. The zero-order valence-corrected chi connectivity index (χ0v) is 11.2. The molecule has 2 rings (SSSR count). The first-order chi connectivity index (χ1) is 9.58. The summed E-state index contributed by atoms with van der Waals surface area (Å²) >= 11 is 0. The van der Waals surface area contributed by atoms with Crippen molar-refractivity contribution >= 4 is 5.78 Å². The molecule has 1 unspecified atom stereocenters. The first kappa shape index (κ1) is 16.3. The normalized spacial score (nSPS) is 13.7. The Balaban J connectivity index is 0.000000956. The molecule has 20 heavy (non-hydrogen) atoms. The van der Waals surface area contributed by atoms with Gasteiger partial charge in [0.2, 0.25) is 13.1 Å². The molecule has 0 aromatic heterocycles. The van der Waals surface area contributed by atoms with Gasteiger partial charge in [-0.05, 0) is 18.2 Å². The van der Waals surface area contributed by atoms with Crippen molar-refractivity contribution in [3.05, 3.63) is 23.8 Å². The Kier molecular flexibility index (Phi) is 6.30. The molecule has 0 radical (unpaired) electrons. The highest BCUT2D eigenvalue weighted by Gasteiger charge is 2.21. The van der Waals surface area contributed by atoms with E-state index in [0.29, 0.717) is 11.5 Å². The second-order valence-electron chi connectivity index (χ2n) is 3.61. The maximum atomic E-state index is 12.6. The molecule has 0 saturated carbocycles. The predicted molar refractivity (Wildman–Crippen MR) is 67.1 cm³/mol. The van der Waals surface area contributed by atoms with E-state index < -0.39 is 25.0 Å². The number of Topliss-reactive ketones (excluding diaryl/α,β-unsaturated/α-hetero) is 1. The number of ketones is 1. The number of nitrogens with one attached hydrogen (secondary N) is 1. The van der Waals surface area contributed by atoms with Crippen LogP contribution in [-0.2, 0) is 0 Å². The largest absolute Gasteiger partial charge is 0.454 e. The van der Waals surface area contributed by atoms with E-state index in [1.165, 1.54) is 18.2 Å². The number of fused-ring (bicyclic) bond motifs is 1. The Labute approximate surface area is 114 Å². The first-order valence-corrected chi connectivity index (χ1v) is 6.16. The van der Waals surface area contributed by atoms with Gasteiger partial charge < -0.3 is 9.47 Å². The minimum Gasteiger partial charge on any atom is -0.454 e. The first-order valence-electron chi connectivity index (χ1n) is 6.16. The van der Waals surface area contributed by atoms with E-state index in [1.54, 1.807) is 0 Å². The lowest BCUT2D eigenvalue weighted by Crippen LogP contribution is -2.35. The summed E-state index contributed by atoms with van der Waals surface area (Å²) in [4.78, 5) is 11.6. The van der Waals surface area contributed by atoms with Crippen LogP contribution in [0.4, 0.5) is 13.2 Å². The van der Waals surface area contributed by atoms with Crippen LogP contribution in [0.5, 0.6) is 11.5 Å². The van der Waals surface area contributed by atoms with Gasteiger partial charge in [0.1, 0.15) is 0 Å². The topological polar surface area (TPSA) is 47.6 Å². The fraction of sp³-hybridized carbons (Fsp3) is 0.462. The van der Waals surface area contributed by atoms with Gasteiger partial charge >= 0.3 is 0 Å². The minimum atomic E-state index is -3.16. The smallest absolute Gasteiger partial charge is 0.282 e. The van der Waals surface area contributed by atoms with Crippen LogP contribution in [-0.4, -0.2) is 31.8 Å². The highest BCUT2D eigenvalue weighted by atomic mass is 19.3. The van der Waals surface area contributed by atoms with Crippen LogP contribution in [0, 0.1) is 0 Å². The van der Waals surface area contributed by atoms with Gasteiger partial charge in [0, 0.05) is 5.56 Å². The molecule has 0 aliphatic carbocycles. The van der Waals surface area contributed by atoms with E-state index in [2.05, 4.69) is 0 Å². The lowest BCUT2D eigenvalue weighted by Gasteiger charge is -2.08. The van der Waals surface area contributed by atoms with Crippen molar-refractivity contribution in [1.82, 2.24) is 5.32 Å². The van der Waals surface area contributed by atoms with Crippen molar-refractivity contribution in [2.75, 3.05) is 13.3 Å². The van der Waals surface area contributed by atoms with Crippen LogP contribution in [0.3, 0.4) is 0 Å². The van der Waals surface area contributed by atoms with Crippen LogP contribution in [0.2, 0.25) is 0 Å². The molecule has 0 bridgehead atoms. The third kappa shape index (κ3) is 4.12.